The lowest BCUT2D eigenvalue weighted by molar-refractivity contribution is 0.601. The maximum Gasteiger partial charge on any atom is 0.261 e. The fourth-order valence-corrected chi connectivity index (χ4v) is 4.07. The monoisotopic (exact) mass is 404 g/mol. The Balaban J connectivity index is 1.65. The second-order valence-electron chi connectivity index (χ2n) is 6.71. The number of hydrogen-bond acceptors (Lipinski definition) is 4. The number of imidazole rings is 1. The van der Waals surface area contributed by atoms with E-state index < -0.39 is 10.0 Å². The lowest BCUT2D eigenvalue weighted by atomic mass is 10.2. The summed E-state index contributed by atoms with van der Waals surface area (Å²) in [5, 5.41) is 0. The number of aliphatic imine (C=N–C) groups is 1. The second-order valence-corrected chi connectivity index (χ2v) is 8.39. The first-order chi connectivity index (χ1) is 13.9. The average molecular weight is 404 g/mol. The molecule has 6 nitrogen and oxygen atoms in total. The third-order valence-corrected chi connectivity index (χ3v) is 6.00. The lowest BCUT2D eigenvalue weighted by Crippen LogP contribution is -2.13. The topological polar surface area (TPSA) is 76.3 Å². The Morgan fingerprint density at radius 1 is 0.966 bits per heavy atom. The fourth-order valence-electron chi connectivity index (χ4n) is 3.00. The van der Waals surface area contributed by atoms with Crippen molar-refractivity contribution in [2.24, 2.45) is 12.0 Å². The van der Waals surface area contributed by atoms with E-state index in [1.165, 1.54) is 0 Å². The summed E-state index contributed by atoms with van der Waals surface area (Å²) in [5.41, 5.74) is 3.79. The van der Waals surface area contributed by atoms with Crippen LogP contribution in [-0.4, -0.2) is 24.2 Å². The summed E-state index contributed by atoms with van der Waals surface area (Å²) in [7, 11) is -1.79. The van der Waals surface area contributed by atoms with Crippen molar-refractivity contribution in [3.63, 3.8) is 0 Å². The van der Waals surface area contributed by atoms with Crippen LogP contribution in [0.15, 0.2) is 82.7 Å². The van der Waals surface area contributed by atoms with Crippen LogP contribution in [0.2, 0.25) is 0 Å². The van der Waals surface area contributed by atoms with Gasteiger partial charge in [-0.05, 0) is 43.3 Å². The van der Waals surface area contributed by atoms with Gasteiger partial charge in [0.25, 0.3) is 10.0 Å². The first kappa shape index (κ1) is 18.9. The van der Waals surface area contributed by atoms with Crippen molar-refractivity contribution in [1.82, 2.24) is 9.55 Å². The highest BCUT2D eigenvalue weighted by Gasteiger charge is 2.15. The van der Waals surface area contributed by atoms with E-state index in [1.807, 2.05) is 48.9 Å². The molecule has 1 aromatic heterocycles. The Hall–Kier alpha value is -3.45. The number of sulfonamides is 1. The van der Waals surface area contributed by atoms with E-state index in [9.17, 15) is 8.42 Å². The van der Waals surface area contributed by atoms with Crippen molar-refractivity contribution in [2.75, 3.05) is 4.72 Å². The Morgan fingerprint density at radius 3 is 2.41 bits per heavy atom. The molecular weight excluding hydrogens is 384 g/mol. The molecule has 0 aliphatic carbocycles. The average Bonchev–Trinajstić information content (AvgIpc) is 3.03. The standard InChI is InChI=1S/C22H20N4O2S/c1-16-11-13-17(14-12-16)29(27,28)25-19-8-4-3-7-18(19)23-15-22-24-20-9-5-6-10-21(20)26(22)2/h3-15,25H,1-2H3. The van der Waals surface area contributed by atoms with Crippen LogP contribution in [0.25, 0.3) is 11.0 Å². The summed E-state index contributed by atoms with van der Waals surface area (Å²) >= 11 is 0. The summed E-state index contributed by atoms with van der Waals surface area (Å²) in [6.45, 7) is 1.91. The number of para-hydroxylation sites is 4. The van der Waals surface area contributed by atoms with Crippen LogP contribution < -0.4 is 4.72 Å². The van der Waals surface area contributed by atoms with Crippen LogP contribution in [0, 0.1) is 6.92 Å². The number of hydrogen-bond donors (Lipinski definition) is 1. The van der Waals surface area contributed by atoms with Crippen LogP contribution in [-0.2, 0) is 17.1 Å². The van der Waals surface area contributed by atoms with Gasteiger partial charge in [-0.15, -0.1) is 0 Å². The molecule has 146 valence electrons. The van der Waals surface area contributed by atoms with Gasteiger partial charge in [-0.2, -0.15) is 0 Å². The molecular formula is C22H20N4O2S. The number of benzene rings is 3. The predicted molar refractivity (Wildman–Crippen MR) is 116 cm³/mol. The molecule has 0 aliphatic heterocycles. The minimum Gasteiger partial charge on any atom is -0.326 e. The van der Waals surface area contributed by atoms with E-state index in [0.29, 0.717) is 17.2 Å². The Kier molecular flexibility index (Phi) is 4.90. The van der Waals surface area contributed by atoms with Crippen molar-refractivity contribution >= 4 is 38.6 Å². The number of aromatic nitrogens is 2. The molecule has 1 N–H and O–H groups in total. The van der Waals surface area contributed by atoms with Gasteiger partial charge >= 0.3 is 0 Å². The number of fused-ring (bicyclic) bond motifs is 1. The van der Waals surface area contributed by atoms with E-state index in [-0.39, 0.29) is 4.90 Å². The van der Waals surface area contributed by atoms with Gasteiger partial charge in [-0.3, -0.25) is 9.71 Å². The molecule has 0 saturated carbocycles. The van der Waals surface area contributed by atoms with Gasteiger partial charge in [-0.1, -0.05) is 42.0 Å². The van der Waals surface area contributed by atoms with Gasteiger partial charge in [0, 0.05) is 7.05 Å². The van der Waals surface area contributed by atoms with Gasteiger partial charge in [-0.25, -0.2) is 13.4 Å². The quantitative estimate of drug-likeness (QED) is 0.500. The van der Waals surface area contributed by atoms with Gasteiger partial charge in [0.15, 0.2) is 5.82 Å². The third kappa shape index (κ3) is 3.90. The highest BCUT2D eigenvalue weighted by atomic mass is 32.2. The molecule has 4 aromatic rings. The Morgan fingerprint density at radius 2 is 1.66 bits per heavy atom. The van der Waals surface area contributed by atoms with E-state index in [0.717, 1.165) is 16.6 Å². The molecule has 29 heavy (non-hydrogen) atoms. The van der Waals surface area contributed by atoms with E-state index in [4.69, 9.17) is 0 Å². The molecule has 0 atom stereocenters. The summed E-state index contributed by atoms with van der Waals surface area (Å²) in [6, 6.07) is 21.6. The van der Waals surface area contributed by atoms with Crippen molar-refractivity contribution in [1.29, 1.82) is 0 Å². The summed E-state index contributed by atoms with van der Waals surface area (Å²) in [5.74, 6) is 0.683. The predicted octanol–water partition coefficient (Wildman–Crippen LogP) is 4.43. The molecule has 0 aliphatic rings. The maximum absolute atomic E-state index is 12.7. The number of rotatable bonds is 5. The zero-order valence-electron chi connectivity index (χ0n) is 16.1. The number of anilines is 1. The number of nitrogens with one attached hydrogen (secondary N) is 1. The molecule has 0 spiro atoms. The van der Waals surface area contributed by atoms with Gasteiger partial charge in [0.2, 0.25) is 0 Å². The number of aryl methyl sites for hydroxylation is 2. The normalized spacial score (nSPS) is 11.9. The van der Waals surface area contributed by atoms with Crippen LogP contribution in [0.1, 0.15) is 11.4 Å². The largest absolute Gasteiger partial charge is 0.326 e. The highest BCUT2D eigenvalue weighted by molar-refractivity contribution is 7.92. The SMILES string of the molecule is Cc1ccc(S(=O)(=O)Nc2ccccc2N=Cc2nc3ccccc3n2C)cc1. The summed E-state index contributed by atoms with van der Waals surface area (Å²) in [4.78, 5) is 9.26. The van der Waals surface area contributed by atoms with Gasteiger partial charge < -0.3 is 4.57 Å². The third-order valence-electron chi connectivity index (χ3n) is 4.62. The highest BCUT2D eigenvalue weighted by Crippen LogP contribution is 2.27. The summed E-state index contributed by atoms with van der Waals surface area (Å²) in [6.07, 6.45) is 1.64. The van der Waals surface area contributed by atoms with Crippen LogP contribution in [0.5, 0.6) is 0 Å². The number of nitrogens with zero attached hydrogens (tertiary/aromatic N) is 3. The first-order valence-electron chi connectivity index (χ1n) is 9.08. The Bertz CT molecular complexity index is 1310. The fraction of sp³-hybridized carbons (Fsp3) is 0.0909. The Labute approximate surface area is 169 Å². The van der Waals surface area contributed by atoms with Crippen molar-refractivity contribution < 1.29 is 8.42 Å². The molecule has 0 saturated heterocycles. The summed E-state index contributed by atoms with van der Waals surface area (Å²) < 4.78 is 30.0. The van der Waals surface area contributed by atoms with Crippen molar-refractivity contribution in [3.8, 4) is 0 Å². The zero-order chi connectivity index (χ0) is 20.4. The van der Waals surface area contributed by atoms with Crippen LogP contribution >= 0.6 is 0 Å². The van der Waals surface area contributed by atoms with Gasteiger partial charge in [0.05, 0.1) is 33.5 Å². The van der Waals surface area contributed by atoms with Gasteiger partial charge in [0.1, 0.15) is 0 Å². The van der Waals surface area contributed by atoms with E-state index >= 15 is 0 Å². The lowest BCUT2D eigenvalue weighted by Gasteiger charge is -2.10. The first-order valence-corrected chi connectivity index (χ1v) is 10.6. The molecule has 0 amide bonds. The van der Waals surface area contributed by atoms with Crippen molar-refractivity contribution in [2.45, 2.75) is 11.8 Å². The van der Waals surface area contributed by atoms with E-state index in [1.54, 1.807) is 48.7 Å². The molecule has 0 unspecified atom stereocenters. The zero-order valence-corrected chi connectivity index (χ0v) is 16.9. The molecule has 7 heteroatoms. The van der Waals surface area contributed by atoms with Crippen molar-refractivity contribution in [3.05, 3.63) is 84.2 Å². The molecule has 4 rings (SSSR count). The molecule has 0 bridgehead atoms. The van der Waals surface area contributed by atoms with E-state index in [2.05, 4.69) is 14.7 Å². The van der Waals surface area contributed by atoms with Crippen LogP contribution in [0.3, 0.4) is 0 Å². The maximum atomic E-state index is 12.7. The minimum atomic E-state index is -3.71. The molecule has 3 aromatic carbocycles. The van der Waals surface area contributed by atoms with Crippen LogP contribution in [0.4, 0.5) is 11.4 Å². The smallest absolute Gasteiger partial charge is 0.261 e. The second kappa shape index (κ2) is 7.52. The minimum absolute atomic E-state index is 0.206. The molecule has 0 radical (unpaired) electrons. The molecule has 0 fully saturated rings. The molecule has 1 heterocycles.